The molecule has 0 unspecified atom stereocenters. The van der Waals surface area contributed by atoms with Crippen molar-refractivity contribution in [3.8, 4) is 11.1 Å². The van der Waals surface area contributed by atoms with Gasteiger partial charge in [-0.15, -0.1) is 0 Å². The molecule has 6 rings (SSSR count). The number of amides is 1. The normalized spacial score (nSPS) is 16.9. The van der Waals surface area contributed by atoms with Crippen LogP contribution in [0.1, 0.15) is 34.5 Å². The van der Waals surface area contributed by atoms with Crippen molar-refractivity contribution in [2.75, 3.05) is 44.7 Å². The third-order valence-electron chi connectivity index (χ3n) is 7.23. The number of pyridine rings is 1. The van der Waals surface area contributed by atoms with Gasteiger partial charge in [0.05, 0.1) is 18.7 Å². The van der Waals surface area contributed by atoms with E-state index in [0.29, 0.717) is 5.69 Å². The van der Waals surface area contributed by atoms with Crippen molar-refractivity contribution in [1.29, 1.82) is 0 Å². The Morgan fingerprint density at radius 2 is 1.62 bits per heavy atom. The summed E-state index contributed by atoms with van der Waals surface area (Å²) < 4.78 is 5.43. The number of aromatic amines is 1. The van der Waals surface area contributed by atoms with E-state index in [2.05, 4.69) is 48.5 Å². The van der Waals surface area contributed by atoms with Crippen LogP contribution >= 0.6 is 0 Å². The maximum absolute atomic E-state index is 13.2. The molecule has 2 saturated heterocycles. The molecule has 8 heteroatoms. The lowest BCUT2D eigenvalue weighted by Gasteiger charge is -2.26. The van der Waals surface area contributed by atoms with Crippen molar-refractivity contribution in [2.45, 2.75) is 25.9 Å². The number of H-pyrrole nitrogens is 1. The van der Waals surface area contributed by atoms with Gasteiger partial charge in [0.25, 0.3) is 5.91 Å². The number of likely N-dealkylation sites (tertiary alicyclic amines) is 1. The fraction of sp³-hybridized carbons (Fsp3) is 0.345. The summed E-state index contributed by atoms with van der Waals surface area (Å²) in [6.45, 7) is 7.59. The van der Waals surface area contributed by atoms with Crippen molar-refractivity contribution in [1.82, 2.24) is 25.0 Å². The first-order valence-corrected chi connectivity index (χ1v) is 13.1. The Morgan fingerprint density at radius 3 is 2.43 bits per heavy atom. The summed E-state index contributed by atoms with van der Waals surface area (Å²) in [5, 5.41) is 11.1. The molecule has 4 heterocycles. The molecule has 8 nitrogen and oxygen atoms in total. The third kappa shape index (κ3) is 5.56. The van der Waals surface area contributed by atoms with E-state index in [9.17, 15) is 4.79 Å². The second-order valence-corrected chi connectivity index (χ2v) is 9.94. The van der Waals surface area contributed by atoms with Gasteiger partial charge < -0.3 is 10.1 Å². The van der Waals surface area contributed by atoms with Crippen LogP contribution in [0.4, 0.5) is 5.69 Å². The van der Waals surface area contributed by atoms with Crippen molar-refractivity contribution in [3.63, 3.8) is 0 Å². The number of anilines is 1. The molecule has 0 bridgehead atoms. The molecular formula is C29H32N6O2. The van der Waals surface area contributed by atoms with Gasteiger partial charge in [-0.1, -0.05) is 18.2 Å². The Kier molecular flexibility index (Phi) is 6.94. The lowest BCUT2D eigenvalue weighted by molar-refractivity contribution is 0.0342. The van der Waals surface area contributed by atoms with Crippen LogP contribution in [0.25, 0.3) is 22.0 Å². The number of carbonyl (C=O) groups is 1. The van der Waals surface area contributed by atoms with Crippen molar-refractivity contribution < 1.29 is 9.53 Å². The summed E-state index contributed by atoms with van der Waals surface area (Å²) in [6.07, 6.45) is 6.37. The number of fused-ring (bicyclic) bond motifs is 1. The zero-order valence-corrected chi connectivity index (χ0v) is 20.9. The van der Waals surface area contributed by atoms with E-state index in [0.717, 1.165) is 80.2 Å². The van der Waals surface area contributed by atoms with E-state index in [1.807, 2.05) is 42.7 Å². The van der Waals surface area contributed by atoms with E-state index in [-0.39, 0.29) is 5.91 Å². The Labute approximate surface area is 216 Å². The van der Waals surface area contributed by atoms with E-state index in [1.54, 1.807) is 0 Å². The Balaban J connectivity index is 1.17. The fourth-order valence-corrected chi connectivity index (χ4v) is 5.20. The standard InChI is InChI=1S/C29H32N6O2/c36-29(31-25-6-3-21(4-7-25)19-35-11-13-37-14-12-35)28-26-16-23(5-8-27(26)32-33-28)24-15-22(17-30-18-24)20-34-9-1-2-10-34/h3-8,15-18H,1-2,9-14,19-20H2,(H,31,36)(H,32,33). The fourth-order valence-electron chi connectivity index (χ4n) is 5.20. The molecule has 2 fully saturated rings. The monoisotopic (exact) mass is 496 g/mol. The number of ether oxygens (including phenoxy) is 1. The lowest BCUT2D eigenvalue weighted by Crippen LogP contribution is -2.35. The van der Waals surface area contributed by atoms with Crippen LogP contribution in [0.15, 0.2) is 60.9 Å². The number of aromatic nitrogens is 3. The van der Waals surface area contributed by atoms with Gasteiger partial charge in [0.15, 0.2) is 5.69 Å². The molecular weight excluding hydrogens is 464 g/mol. The zero-order valence-electron chi connectivity index (χ0n) is 20.9. The van der Waals surface area contributed by atoms with E-state index < -0.39 is 0 Å². The van der Waals surface area contributed by atoms with Gasteiger partial charge in [0.2, 0.25) is 0 Å². The summed E-state index contributed by atoms with van der Waals surface area (Å²) in [5.74, 6) is -0.231. The van der Waals surface area contributed by atoms with Crippen molar-refractivity contribution in [2.24, 2.45) is 0 Å². The van der Waals surface area contributed by atoms with E-state index in [1.165, 1.54) is 24.0 Å². The second-order valence-electron chi connectivity index (χ2n) is 9.94. The predicted octanol–water partition coefficient (Wildman–Crippen LogP) is 4.31. The molecule has 0 atom stereocenters. The minimum Gasteiger partial charge on any atom is -0.379 e. The van der Waals surface area contributed by atoms with Gasteiger partial charge >= 0.3 is 0 Å². The lowest BCUT2D eigenvalue weighted by atomic mass is 10.0. The van der Waals surface area contributed by atoms with Gasteiger partial charge in [0, 0.05) is 55.2 Å². The number of nitrogens with zero attached hydrogens (tertiary/aromatic N) is 4. The number of benzene rings is 2. The first-order chi connectivity index (χ1) is 18.2. The molecule has 1 amide bonds. The molecule has 2 N–H and O–H groups in total. The van der Waals surface area contributed by atoms with Gasteiger partial charge in [-0.2, -0.15) is 5.10 Å². The average molecular weight is 497 g/mol. The van der Waals surface area contributed by atoms with Crippen LogP contribution < -0.4 is 5.32 Å². The van der Waals surface area contributed by atoms with E-state index in [4.69, 9.17) is 4.74 Å². The van der Waals surface area contributed by atoms with E-state index >= 15 is 0 Å². The molecule has 2 aromatic carbocycles. The van der Waals surface area contributed by atoms with Crippen molar-refractivity contribution >= 4 is 22.5 Å². The Bertz CT molecular complexity index is 1370. The molecule has 0 radical (unpaired) electrons. The van der Waals surface area contributed by atoms with Crippen LogP contribution in [0.2, 0.25) is 0 Å². The number of hydrogen-bond donors (Lipinski definition) is 2. The first kappa shape index (κ1) is 23.8. The highest BCUT2D eigenvalue weighted by Gasteiger charge is 2.17. The topological polar surface area (TPSA) is 86.4 Å². The first-order valence-electron chi connectivity index (χ1n) is 13.1. The maximum atomic E-state index is 13.2. The highest BCUT2D eigenvalue weighted by Crippen LogP contribution is 2.27. The molecule has 0 spiro atoms. The summed E-state index contributed by atoms with van der Waals surface area (Å²) in [7, 11) is 0. The molecule has 0 aliphatic carbocycles. The van der Waals surface area contributed by atoms with Crippen LogP contribution in [0.3, 0.4) is 0 Å². The smallest absolute Gasteiger partial charge is 0.276 e. The number of morpholine rings is 1. The summed E-state index contributed by atoms with van der Waals surface area (Å²) >= 11 is 0. The number of carbonyl (C=O) groups excluding carboxylic acids is 1. The maximum Gasteiger partial charge on any atom is 0.276 e. The largest absolute Gasteiger partial charge is 0.379 e. The molecule has 4 aromatic rings. The summed E-state index contributed by atoms with van der Waals surface area (Å²) in [6, 6.07) is 16.3. The molecule has 190 valence electrons. The molecule has 2 aromatic heterocycles. The molecule has 0 saturated carbocycles. The highest BCUT2D eigenvalue weighted by atomic mass is 16.5. The highest BCUT2D eigenvalue weighted by molar-refractivity contribution is 6.11. The van der Waals surface area contributed by atoms with Gasteiger partial charge in [-0.05, 0) is 73.0 Å². The van der Waals surface area contributed by atoms with Crippen LogP contribution in [0, 0.1) is 0 Å². The second kappa shape index (κ2) is 10.8. The number of hydrogen-bond acceptors (Lipinski definition) is 6. The number of rotatable bonds is 7. The Morgan fingerprint density at radius 1 is 0.865 bits per heavy atom. The summed E-state index contributed by atoms with van der Waals surface area (Å²) in [4.78, 5) is 22.5. The SMILES string of the molecule is O=C(Nc1ccc(CN2CCOCC2)cc1)c1n[nH]c2ccc(-c3cncc(CN4CCCC4)c3)cc12. The molecule has 2 aliphatic heterocycles. The number of nitrogens with one attached hydrogen (secondary N) is 2. The van der Waals surface area contributed by atoms with Gasteiger partial charge in [-0.25, -0.2) is 0 Å². The predicted molar refractivity (Wildman–Crippen MR) is 144 cm³/mol. The van der Waals surface area contributed by atoms with Crippen LogP contribution in [-0.2, 0) is 17.8 Å². The zero-order chi connectivity index (χ0) is 25.0. The minimum absolute atomic E-state index is 0.231. The van der Waals surface area contributed by atoms with Gasteiger partial charge in [-0.3, -0.25) is 24.7 Å². The Hall–Kier alpha value is -3.59. The molecule has 2 aliphatic rings. The average Bonchev–Trinajstić information content (AvgIpc) is 3.60. The third-order valence-corrected chi connectivity index (χ3v) is 7.23. The quantitative estimate of drug-likeness (QED) is 0.397. The van der Waals surface area contributed by atoms with Crippen LogP contribution in [-0.4, -0.2) is 70.3 Å². The minimum atomic E-state index is -0.231. The van der Waals surface area contributed by atoms with Crippen LogP contribution in [0.5, 0.6) is 0 Å². The summed E-state index contributed by atoms with van der Waals surface area (Å²) in [5.41, 5.74) is 6.46. The van der Waals surface area contributed by atoms with Gasteiger partial charge in [0.1, 0.15) is 0 Å². The van der Waals surface area contributed by atoms with Crippen molar-refractivity contribution in [3.05, 3.63) is 77.7 Å². The molecule has 37 heavy (non-hydrogen) atoms.